The molecule has 1 atom stereocenters. The van der Waals surface area contributed by atoms with E-state index < -0.39 is 0 Å². The molecule has 1 unspecified atom stereocenters. The summed E-state index contributed by atoms with van der Waals surface area (Å²) in [6.45, 7) is 0. The molecular formula is C15H17BrFNO. The molecule has 1 aliphatic heterocycles. The summed E-state index contributed by atoms with van der Waals surface area (Å²) < 4.78 is 14.2. The third-order valence-corrected chi connectivity index (χ3v) is 4.94. The highest BCUT2D eigenvalue weighted by molar-refractivity contribution is 9.10. The first-order valence-electron chi connectivity index (χ1n) is 6.95. The molecule has 2 aliphatic rings. The normalized spacial score (nSPS) is 23.3. The molecule has 0 radical (unpaired) electrons. The molecule has 1 amide bonds. The van der Waals surface area contributed by atoms with E-state index >= 15 is 0 Å². The average Bonchev–Trinajstić information content (AvgIpc) is 2.69. The molecular weight excluding hydrogens is 309 g/mol. The van der Waals surface area contributed by atoms with Crippen molar-refractivity contribution in [2.75, 3.05) is 5.32 Å². The Morgan fingerprint density at radius 3 is 2.74 bits per heavy atom. The maximum Gasteiger partial charge on any atom is 0.232 e. The lowest BCUT2D eigenvalue weighted by atomic mass is 9.81. The average molecular weight is 326 g/mol. The van der Waals surface area contributed by atoms with Crippen molar-refractivity contribution in [1.29, 1.82) is 0 Å². The Hall–Kier alpha value is -0.900. The number of rotatable bonds is 2. The summed E-state index contributed by atoms with van der Waals surface area (Å²) in [6, 6.07) is 2.91. The number of fused-ring (bicyclic) bond motifs is 1. The van der Waals surface area contributed by atoms with E-state index in [0.29, 0.717) is 10.4 Å². The van der Waals surface area contributed by atoms with Crippen molar-refractivity contribution < 1.29 is 9.18 Å². The molecule has 2 nitrogen and oxygen atoms in total. The van der Waals surface area contributed by atoms with Gasteiger partial charge in [0.25, 0.3) is 0 Å². The first-order valence-corrected chi connectivity index (χ1v) is 7.74. The van der Waals surface area contributed by atoms with Crippen LogP contribution in [-0.4, -0.2) is 5.91 Å². The van der Waals surface area contributed by atoms with Gasteiger partial charge in [0.1, 0.15) is 5.82 Å². The molecule has 1 saturated carbocycles. The van der Waals surface area contributed by atoms with Crippen LogP contribution in [-0.2, 0) is 4.79 Å². The predicted octanol–water partition coefficient (Wildman–Crippen LogP) is 4.59. The summed E-state index contributed by atoms with van der Waals surface area (Å²) in [5.74, 6) is 0.172. The second-order valence-electron chi connectivity index (χ2n) is 5.63. The number of carbonyl (C=O) groups excluding carboxylic acids is 1. The van der Waals surface area contributed by atoms with Crippen LogP contribution in [0.2, 0.25) is 0 Å². The lowest BCUT2D eigenvalue weighted by Crippen LogP contribution is -2.17. The molecule has 3 rings (SSSR count). The maximum atomic E-state index is 13.5. The van der Waals surface area contributed by atoms with Crippen molar-refractivity contribution in [3.63, 3.8) is 0 Å². The third-order valence-electron chi connectivity index (χ3n) is 4.32. The van der Waals surface area contributed by atoms with Gasteiger partial charge in [0, 0.05) is 4.47 Å². The minimum absolute atomic E-state index is 0.0203. The highest BCUT2D eigenvalue weighted by Crippen LogP contribution is 2.43. The van der Waals surface area contributed by atoms with Gasteiger partial charge < -0.3 is 5.32 Å². The van der Waals surface area contributed by atoms with Crippen LogP contribution in [0, 0.1) is 11.7 Å². The second kappa shape index (κ2) is 5.23. The summed E-state index contributed by atoms with van der Waals surface area (Å²) in [4.78, 5) is 12.1. The van der Waals surface area contributed by atoms with Crippen LogP contribution in [0.1, 0.15) is 50.0 Å². The highest BCUT2D eigenvalue weighted by atomic mass is 79.9. The van der Waals surface area contributed by atoms with Gasteiger partial charge >= 0.3 is 0 Å². The zero-order valence-corrected chi connectivity index (χ0v) is 12.3. The quantitative estimate of drug-likeness (QED) is 0.846. The Kier molecular flexibility index (Phi) is 3.61. The van der Waals surface area contributed by atoms with Gasteiger partial charge in [-0.25, -0.2) is 4.39 Å². The molecule has 4 heteroatoms. The van der Waals surface area contributed by atoms with E-state index in [-0.39, 0.29) is 17.6 Å². The Balaban J connectivity index is 1.85. The standard InChI is InChI=1S/C15H17BrFNO/c16-13-8-10(17)7-11-12(15(19)18-14(11)13)6-9-4-2-1-3-5-9/h7-9,12H,1-6H2,(H,18,19). The van der Waals surface area contributed by atoms with E-state index in [4.69, 9.17) is 0 Å². The Labute approximate surface area is 120 Å². The number of hydrogen-bond acceptors (Lipinski definition) is 1. The smallest absolute Gasteiger partial charge is 0.232 e. The highest BCUT2D eigenvalue weighted by Gasteiger charge is 2.34. The second-order valence-corrected chi connectivity index (χ2v) is 6.49. The fourth-order valence-electron chi connectivity index (χ4n) is 3.34. The first-order chi connectivity index (χ1) is 9.15. The van der Waals surface area contributed by atoms with Crippen LogP contribution < -0.4 is 5.32 Å². The van der Waals surface area contributed by atoms with Gasteiger partial charge in [-0.2, -0.15) is 0 Å². The number of benzene rings is 1. The van der Waals surface area contributed by atoms with Gasteiger partial charge in [0.2, 0.25) is 5.91 Å². The largest absolute Gasteiger partial charge is 0.324 e. The number of hydrogen-bond donors (Lipinski definition) is 1. The van der Waals surface area contributed by atoms with Gasteiger partial charge in [-0.15, -0.1) is 0 Å². The van der Waals surface area contributed by atoms with Crippen LogP contribution in [0.5, 0.6) is 0 Å². The molecule has 1 fully saturated rings. The Bertz CT molecular complexity index is 511. The minimum Gasteiger partial charge on any atom is -0.324 e. The van der Waals surface area contributed by atoms with E-state index in [9.17, 15) is 9.18 Å². The van der Waals surface area contributed by atoms with Crippen LogP contribution in [0.3, 0.4) is 0 Å². The molecule has 102 valence electrons. The van der Waals surface area contributed by atoms with Crippen molar-refractivity contribution in [2.45, 2.75) is 44.4 Å². The van der Waals surface area contributed by atoms with Gasteiger partial charge in [-0.1, -0.05) is 32.1 Å². The molecule has 0 bridgehead atoms. The van der Waals surface area contributed by atoms with Crippen LogP contribution in [0.25, 0.3) is 0 Å². The van der Waals surface area contributed by atoms with E-state index in [2.05, 4.69) is 21.2 Å². The third kappa shape index (κ3) is 2.55. The SMILES string of the molecule is O=C1Nc2c(Br)cc(F)cc2C1CC1CCCCC1. The number of anilines is 1. The number of amides is 1. The summed E-state index contributed by atoms with van der Waals surface area (Å²) in [5.41, 5.74) is 1.58. The predicted molar refractivity (Wildman–Crippen MR) is 76.7 cm³/mol. The zero-order chi connectivity index (χ0) is 13.4. The van der Waals surface area contributed by atoms with Gasteiger partial charge in [-0.05, 0) is 46.0 Å². The molecule has 0 spiro atoms. The van der Waals surface area contributed by atoms with E-state index in [1.54, 1.807) is 0 Å². The van der Waals surface area contributed by atoms with E-state index in [1.807, 2.05) is 0 Å². The number of nitrogens with one attached hydrogen (secondary N) is 1. The van der Waals surface area contributed by atoms with Gasteiger partial charge in [0.05, 0.1) is 11.6 Å². The molecule has 1 heterocycles. The molecule has 0 aromatic heterocycles. The van der Waals surface area contributed by atoms with Gasteiger partial charge in [-0.3, -0.25) is 4.79 Å². The molecule has 0 saturated heterocycles. The summed E-state index contributed by atoms with van der Waals surface area (Å²) >= 11 is 3.32. The summed E-state index contributed by atoms with van der Waals surface area (Å²) in [5, 5.41) is 2.88. The summed E-state index contributed by atoms with van der Waals surface area (Å²) in [7, 11) is 0. The molecule has 1 aromatic rings. The fourth-order valence-corrected chi connectivity index (χ4v) is 3.89. The van der Waals surface area contributed by atoms with E-state index in [1.165, 1.54) is 44.2 Å². The van der Waals surface area contributed by atoms with Gasteiger partial charge in [0.15, 0.2) is 0 Å². The fraction of sp³-hybridized carbons (Fsp3) is 0.533. The lowest BCUT2D eigenvalue weighted by molar-refractivity contribution is -0.117. The first kappa shape index (κ1) is 13.1. The van der Waals surface area contributed by atoms with Crippen molar-refractivity contribution >= 4 is 27.5 Å². The lowest BCUT2D eigenvalue weighted by Gasteiger charge is -2.23. The van der Waals surface area contributed by atoms with Crippen molar-refractivity contribution in [3.05, 3.63) is 28.0 Å². The molecule has 1 aliphatic carbocycles. The topological polar surface area (TPSA) is 29.1 Å². The maximum absolute atomic E-state index is 13.5. The Morgan fingerprint density at radius 1 is 1.26 bits per heavy atom. The number of halogens is 2. The van der Waals surface area contributed by atoms with Crippen molar-refractivity contribution in [2.24, 2.45) is 5.92 Å². The van der Waals surface area contributed by atoms with Crippen molar-refractivity contribution in [1.82, 2.24) is 0 Å². The molecule has 1 aromatic carbocycles. The molecule has 19 heavy (non-hydrogen) atoms. The monoisotopic (exact) mass is 325 g/mol. The summed E-state index contributed by atoms with van der Waals surface area (Å²) in [6.07, 6.45) is 7.10. The van der Waals surface area contributed by atoms with Crippen LogP contribution in [0.4, 0.5) is 10.1 Å². The zero-order valence-electron chi connectivity index (χ0n) is 10.7. The van der Waals surface area contributed by atoms with Crippen LogP contribution in [0.15, 0.2) is 16.6 Å². The minimum atomic E-state index is -0.282. The molecule has 1 N–H and O–H groups in total. The number of carbonyl (C=O) groups is 1. The Morgan fingerprint density at radius 2 is 2.00 bits per heavy atom. The van der Waals surface area contributed by atoms with Crippen LogP contribution >= 0.6 is 15.9 Å². The van der Waals surface area contributed by atoms with E-state index in [0.717, 1.165) is 17.7 Å². The van der Waals surface area contributed by atoms with Crippen molar-refractivity contribution in [3.8, 4) is 0 Å².